The maximum absolute atomic E-state index is 13.5. The molecule has 2 amide bonds. The van der Waals surface area contributed by atoms with E-state index in [-0.39, 0.29) is 48.8 Å². The van der Waals surface area contributed by atoms with Gasteiger partial charge in [0.2, 0.25) is 28.6 Å². The average Bonchev–Trinajstić information content (AvgIpc) is 3.71. The molecule has 0 aliphatic carbocycles. The third kappa shape index (κ3) is 6.91. The number of nitrogens with zero attached hydrogens (tertiary/aromatic N) is 2. The molecule has 9 nitrogen and oxygen atoms in total. The van der Waals surface area contributed by atoms with Crippen LogP contribution in [0.15, 0.2) is 71.6 Å². The second kappa shape index (κ2) is 12.9. The van der Waals surface area contributed by atoms with E-state index >= 15 is 0 Å². The first-order valence-corrected chi connectivity index (χ1v) is 15.4. The van der Waals surface area contributed by atoms with Gasteiger partial charge in [0.05, 0.1) is 4.90 Å². The predicted octanol–water partition coefficient (Wildman–Crippen LogP) is 4.01. The third-order valence-electron chi connectivity index (χ3n) is 7.59. The van der Waals surface area contributed by atoms with Crippen LogP contribution in [0.3, 0.4) is 0 Å². The first-order valence-electron chi connectivity index (χ1n) is 14.0. The predicted molar refractivity (Wildman–Crippen MR) is 154 cm³/mol. The van der Waals surface area contributed by atoms with Crippen molar-refractivity contribution in [3.63, 3.8) is 0 Å². The van der Waals surface area contributed by atoms with Gasteiger partial charge in [-0.2, -0.15) is 4.31 Å². The maximum Gasteiger partial charge on any atom is 0.243 e. The molecule has 2 aliphatic heterocycles. The van der Waals surface area contributed by atoms with Crippen molar-refractivity contribution >= 4 is 21.8 Å². The lowest BCUT2D eigenvalue weighted by atomic mass is 10.1. The molecule has 0 aromatic heterocycles. The highest BCUT2D eigenvalue weighted by Crippen LogP contribution is 2.32. The standard InChI is InChI=1S/C31H34FN3O6S/c1-22(31(37)33-19-25-8-14-28-29(18-25)41-21-40-28)35(20-24-4-10-26(32)11-5-24)30(36)15-9-23-6-12-27(13-7-23)42(38,39)34-16-2-3-17-34/h4-8,10-14,18,22H,2-3,9,15-17,19-21H2,1H3,(H,33,37)/t22-/m1/s1. The highest BCUT2D eigenvalue weighted by atomic mass is 32.2. The van der Waals surface area contributed by atoms with E-state index in [1.807, 2.05) is 6.07 Å². The minimum atomic E-state index is -3.51. The number of benzene rings is 3. The van der Waals surface area contributed by atoms with Crippen LogP contribution < -0.4 is 14.8 Å². The van der Waals surface area contributed by atoms with E-state index in [0.29, 0.717) is 36.6 Å². The second-order valence-electron chi connectivity index (χ2n) is 10.5. The van der Waals surface area contributed by atoms with Gasteiger partial charge < -0.3 is 19.7 Å². The van der Waals surface area contributed by atoms with E-state index in [1.165, 1.54) is 21.3 Å². The van der Waals surface area contributed by atoms with Crippen molar-refractivity contribution in [2.24, 2.45) is 0 Å². The number of ether oxygens (including phenoxy) is 2. The Morgan fingerprint density at radius 3 is 2.29 bits per heavy atom. The van der Waals surface area contributed by atoms with Crippen LogP contribution in [0.2, 0.25) is 0 Å². The number of fused-ring (bicyclic) bond motifs is 1. The van der Waals surface area contributed by atoms with Crippen LogP contribution >= 0.6 is 0 Å². The number of amides is 2. The monoisotopic (exact) mass is 595 g/mol. The number of halogens is 1. The summed E-state index contributed by atoms with van der Waals surface area (Å²) in [6.45, 7) is 3.25. The highest BCUT2D eigenvalue weighted by Gasteiger charge is 2.28. The van der Waals surface area contributed by atoms with Gasteiger partial charge in [-0.15, -0.1) is 0 Å². The molecule has 3 aromatic carbocycles. The van der Waals surface area contributed by atoms with E-state index in [4.69, 9.17) is 9.47 Å². The van der Waals surface area contributed by atoms with Gasteiger partial charge in [-0.3, -0.25) is 9.59 Å². The Balaban J connectivity index is 1.23. The molecule has 0 saturated carbocycles. The fourth-order valence-corrected chi connectivity index (χ4v) is 6.57. The molecule has 1 N–H and O–H groups in total. The molecule has 2 heterocycles. The molecular formula is C31H34FN3O6S. The summed E-state index contributed by atoms with van der Waals surface area (Å²) in [5.41, 5.74) is 2.33. The van der Waals surface area contributed by atoms with Gasteiger partial charge in [0, 0.05) is 32.6 Å². The Labute approximate surface area is 245 Å². The van der Waals surface area contributed by atoms with Gasteiger partial charge in [0.15, 0.2) is 11.5 Å². The van der Waals surface area contributed by atoms with Gasteiger partial charge in [0.1, 0.15) is 11.9 Å². The SMILES string of the molecule is C[C@H](C(=O)NCc1ccc2c(c1)OCO2)N(Cc1ccc(F)cc1)C(=O)CCc1ccc(S(=O)(=O)N2CCCC2)cc1. The summed E-state index contributed by atoms with van der Waals surface area (Å²) >= 11 is 0. The molecular weight excluding hydrogens is 561 g/mol. The molecule has 0 spiro atoms. The Morgan fingerprint density at radius 1 is 0.929 bits per heavy atom. The third-order valence-corrected chi connectivity index (χ3v) is 9.50. The number of aryl methyl sites for hydroxylation is 1. The molecule has 42 heavy (non-hydrogen) atoms. The topological polar surface area (TPSA) is 105 Å². The molecule has 2 aliphatic rings. The van der Waals surface area contributed by atoms with Crippen molar-refractivity contribution in [3.05, 3.63) is 89.2 Å². The molecule has 222 valence electrons. The lowest BCUT2D eigenvalue weighted by Gasteiger charge is -2.29. The van der Waals surface area contributed by atoms with Crippen molar-refractivity contribution in [1.82, 2.24) is 14.5 Å². The molecule has 3 aromatic rings. The van der Waals surface area contributed by atoms with Gasteiger partial charge in [-0.1, -0.05) is 30.3 Å². The lowest BCUT2D eigenvalue weighted by molar-refractivity contribution is -0.140. The summed E-state index contributed by atoms with van der Waals surface area (Å²) in [6.07, 6.45) is 2.21. The average molecular weight is 596 g/mol. The quantitative estimate of drug-likeness (QED) is 0.359. The van der Waals surface area contributed by atoms with Crippen molar-refractivity contribution in [2.75, 3.05) is 19.9 Å². The van der Waals surface area contributed by atoms with Crippen LogP contribution in [-0.2, 0) is 39.1 Å². The molecule has 0 bridgehead atoms. The highest BCUT2D eigenvalue weighted by molar-refractivity contribution is 7.89. The molecule has 0 radical (unpaired) electrons. The number of nitrogens with one attached hydrogen (secondary N) is 1. The van der Waals surface area contributed by atoms with Gasteiger partial charge in [-0.05, 0) is 79.3 Å². The van der Waals surface area contributed by atoms with E-state index < -0.39 is 16.1 Å². The van der Waals surface area contributed by atoms with Crippen LogP contribution in [0.5, 0.6) is 11.5 Å². The van der Waals surface area contributed by atoms with Crippen LogP contribution in [0, 0.1) is 5.82 Å². The van der Waals surface area contributed by atoms with Crippen molar-refractivity contribution < 1.29 is 31.9 Å². The molecule has 1 atom stereocenters. The first kappa shape index (κ1) is 29.5. The number of sulfonamides is 1. The second-order valence-corrected chi connectivity index (χ2v) is 12.4. The van der Waals surface area contributed by atoms with E-state index in [9.17, 15) is 22.4 Å². The minimum absolute atomic E-state index is 0.110. The Hall–Kier alpha value is -3.96. The molecule has 0 unspecified atom stereocenters. The maximum atomic E-state index is 13.5. The summed E-state index contributed by atoms with van der Waals surface area (Å²) in [5, 5.41) is 2.89. The Bertz CT molecular complexity index is 1520. The molecule has 5 rings (SSSR count). The van der Waals surface area contributed by atoms with Crippen LogP contribution in [-0.4, -0.2) is 55.4 Å². The number of rotatable bonds is 11. The number of hydrogen-bond donors (Lipinski definition) is 1. The zero-order valence-corrected chi connectivity index (χ0v) is 24.2. The van der Waals surface area contributed by atoms with E-state index in [1.54, 1.807) is 55.5 Å². The number of hydrogen-bond acceptors (Lipinski definition) is 6. The van der Waals surface area contributed by atoms with Crippen LogP contribution in [0.25, 0.3) is 0 Å². The van der Waals surface area contributed by atoms with E-state index in [2.05, 4.69) is 5.32 Å². The van der Waals surface area contributed by atoms with Crippen LogP contribution in [0.1, 0.15) is 42.9 Å². The normalized spacial score (nSPS) is 15.4. The van der Waals surface area contributed by atoms with Gasteiger partial charge in [0.25, 0.3) is 0 Å². The van der Waals surface area contributed by atoms with Crippen LogP contribution in [0.4, 0.5) is 4.39 Å². The van der Waals surface area contributed by atoms with Crippen molar-refractivity contribution in [2.45, 2.75) is 56.6 Å². The zero-order valence-electron chi connectivity index (χ0n) is 23.4. The Kier molecular flexibility index (Phi) is 9.08. The van der Waals surface area contributed by atoms with Gasteiger partial charge in [-0.25, -0.2) is 12.8 Å². The van der Waals surface area contributed by atoms with Crippen molar-refractivity contribution in [3.8, 4) is 11.5 Å². The number of carbonyl (C=O) groups excluding carboxylic acids is 2. The first-order chi connectivity index (χ1) is 20.2. The number of carbonyl (C=O) groups is 2. The largest absolute Gasteiger partial charge is 0.454 e. The summed E-state index contributed by atoms with van der Waals surface area (Å²) in [4.78, 5) is 28.4. The van der Waals surface area contributed by atoms with Crippen molar-refractivity contribution in [1.29, 1.82) is 0 Å². The lowest BCUT2D eigenvalue weighted by Crippen LogP contribution is -2.47. The summed E-state index contributed by atoms with van der Waals surface area (Å²) in [6, 6.07) is 17.0. The summed E-state index contributed by atoms with van der Waals surface area (Å²) in [7, 11) is -3.51. The zero-order chi connectivity index (χ0) is 29.7. The fraction of sp³-hybridized carbons (Fsp3) is 0.355. The summed E-state index contributed by atoms with van der Waals surface area (Å²) < 4.78 is 51.4. The fourth-order valence-electron chi connectivity index (χ4n) is 5.06. The minimum Gasteiger partial charge on any atom is -0.454 e. The molecule has 1 saturated heterocycles. The van der Waals surface area contributed by atoms with E-state index in [0.717, 1.165) is 24.0 Å². The molecule has 1 fully saturated rings. The summed E-state index contributed by atoms with van der Waals surface area (Å²) in [5.74, 6) is 0.293. The Morgan fingerprint density at radius 2 is 1.57 bits per heavy atom. The molecule has 11 heteroatoms. The van der Waals surface area contributed by atoms with Gasteiger partial charge >= 0.3 is 0 Å². The smallest absolute Gasteiger partial charge is 0.243 e.